The number of nitrogens with two attached hydrogens (primary N) is 1. The zero-order chi connectivity index (χ0) is 14.3. The Morgan fingerprint density at radius 1 is 1.32 bits per heavy atom. The lowest BCUT2D eigenvalue weighted by Crippen LogP contribution is -2.15. The lowest BCUT2D eigenvalue weighted by atomic mass is 10.0. The van der Waals surface area contributed by atoms with E-state index in [1.54, 1.807) is 6.92 Å². The van der Waals surface area contributed by atoms with Crippen LogP contribution in [0.15, 0.2) is 12.3 Å². The van der Waals surface area contributed by atoms with Crippen LogP contribution in [0, 0.1) is 0 Å². The van der Waals surface area contributed by atoms with E-state index in [0.717, 1.165) is 19.3 Å². The molecule has 0 spiro atoms. The molecular formula is C14H20N2O3. The molecule has 0 saturated heterocycles. The highest BCUT2D eigenvalue weighted by Gasteiger charge is 2.21. The number of ketones is 1. The van der Waals surface area contributed by atoms with Crippen LogP contribution < -0.4 is 5.73 Å². The van der Waals surface area contributed by atoms with Crippen molar-refractivity contribution in [3.63, 3.8) is 0 Å². The van der Waals surface area contributed by atoms with Crippen molar-refractivity contribution in [3.05, 3.63) is 23.4 Å². The molecule has 0 aliphatic heterocycles. The van der Waals surface area contributed by atoms with Gasteiger partial charge in [0.1, 0.15) is 11.4 Å². The number of ether oxygens (including phenoxy) is 1. The molecule has 0 fully saturated rings. The van der Waals surface area contributed by atoms with Gasteiger partial charge in [-0.25, -0.2) is 9.78 Å². The molecule has 0 radical (unpaired) electrons. The van der Waals surface area contributed by atoms with Crippen LogP contribution in [0.5, 0.6) is 0 Å². The molecule has 0 unspecified atom stereocenters. The molecule has 0 saturated carbocycles. The molecule has 0 aliphatic carbocycles. The van der Waals surface area contributed by atoms with E-state index in [-0.39, 0.29) is 23.8 Å². The van der Waals surface area contributed by atoms with Gasteiger partial charge in [-0.3, -0.25) is 4.79 Å². The molecule has 0 amide bonds. The highest BCUT2D eigenvalue weighted by molar-refractivity contribution is 6.08. The van der Waals surface area contributed by atoms with Crippen LogP contribution >= 0.6 is 0 Å². The molecule has 19 heavy (non-hydrogen) atoms. The minimum Gasteiger partial charge on any atom is -0.462 e. The van der Waals surface area contributed by atoms with E-state index in [9.17, 15) is 9.59 Å². The van der Waals surface area contributed by atoms with E-state index < -0.39 is 5.97 Å². The van der Waals surface area contributed by atoms with Crippen LogP contribution in [0.4, 0.5) is 5.82 Å². The van der Waals surface area contributed by atoms with Gasteiger partial charge in [-0.05, 0) is 19.4 Å². The fourth-order valence-corrected chi connectivity index (χ4v) is 1.80. The van der Waals surface area contributed by atoms with Crippen molar-refractivity contribution in [1.29, 1.82) is 0 Å². The van der Waals surface area contributed by atoms with Gasteiger partial charge in [0.25, 0.3) is 0 Å². The molecule has 0 atom stereocenters. The number of nitrogens with zero attached hydrogens (tertiary/aromatic N) is 1. The van der Waals surface area contributed by atoms with E-state index in [4.69, 9.17) is 10.5 Å². The Labute approximate surface area is 113 Å². The molecule has 104 valence electrons. The number of hydrogen-bond acceptors (Lipinski definition) is 5. The maximum absolute atomic E-state index is 12.1. The van der Waals surface area contributed by atoms with Gasteiger partial charge < -0.3 is 10.5 Å². The Kier molecular flexibility index (Phi) is 5.99. The maximum atomic E-state index is 12.1. The van der Waals surface area contributed by atoms with Crippen molar-refractivity contribution in [1.82, 2.24) is 4.98 Å². The predicted molar refractivity (Wildman–Crippen MR) is 73.1 cm³/mol. The van der Waals surface area contributed by atoms with E-state index >= 15 is 0 Å². The molecule has 5 heteroatoms. The third-order valence-electron chi connectivity index (χ3n) is 2.77. The topological polar surface area (TPSA) is 82.3 Å². The van der Waals surface area contributed by atoms with Crippen LogP contribution in [0.2, 0.25) is 0 Å². The van der Waals surface area contributed by atoms with Gasteiger partial charge in [-0.15, -0.1) is 0 Å². The standard InChI is InChI=1S/C14H20N2O3/c1-3-5-6-7-11(17)10-8-9-16-13(15)12(10)14(18)19-4-2/h8-9H,3-7H2,1-2H3,(H2,15,16). The minimum absolute atomic E-state index is 0.0415. The fraction of sp³-hybridized carbons (Fsp3) is 0.500. The highest BCUT2D eigenvalue weighted by Crippen LogP contribution is 2.18. The Balaban J connectivity index is 2.96. The Morgan fingerprint density at radius 3 is 2.68 bits per heavy atom. The average molecular weight is 264 g/mol. The summed E-state index contributed by atoms with van der Waals surface area (Å²) in [7, 11) is 0. The number of esters is 1. The zero-order valence-corrected chi connectivity index (χ0v) is 11.4. The molecular weight excluding hydrogens is 244 g/mol. The van der Waals surface area contributed by atoms with Crippen molar-refractivity contribution >= 4 is 17.6 Å². The summed E-state index contributed by atoms with van der Waals surface area (Å²) >= 11 is 0. The lowest BCUT2D eigenvalue weighted by Gasteiger charge is -2.09. The van der Waals surface area contributed by atoms with Gasteiger partial charge in [-0.2, -0.15) is 0 Å². The van der Waals surface area contributed by atoms with Crippen molar-refractivity contribution in [2.45, 2.75) is 39.5 Å². The molecule has 0 bridgehead atoms. The van der Waals surface area contributed by atoms with Crippen molar-refractivity contribution in [3.8, 4) is 0 Å². The third kappa shape index (κ3) is 4.05. The van der Waals surface area contributed by atoms with Gasteiger partial charge >= 0.3 is 5.97 Å². The van der Waals surface area contributed by atoms with E-state index in [1.807, 2.05) is 0 Å². The number of rotatable bonds is 7. The molecule has 2 N–H and O–H groups in total. The number of Topliss-reactive ketones (excluding diaryl/α,β-unsaturated/α-hetero) is 1. The number of pyridine rings is 1. The molecule has 1 aromatic heterocycles. The van der Waals surface area contributed by atoms with Crippen LogP contribution in [0.3, 0.4) is 0 Å². The summed E-state index contributed by atoms with van der Waals surface area (Å²) in [6.07, 6.45) is 4.67. The van der Waals surface area contributed by atoms with E-state index in [2.05, 4.69) is 11.9 Å². The Morgan fingerprint density at radius 2 is 2.05 bits per heavy atom. The number of carbonyl (C=O) groups excluding carboxylic acids is 2. The Bertz CT molecular complexity index is 458. The van der Waals surface area contributed by atoms with Crippen molar-refractivity contribution in [2.24, 2.45) is 0 Å². The first-order valence-electron chi connectivity index (χ1n) is 6.56. The third-order valence-corrected chi connectivity index (χ3v) is 2.77. The SMILES string of the molecule is CCCCCC(=O)c1ccnc(N)c1C(=O)OCC. The van der Waals surface area contributed by atoms with Gasteiger partial charge in [0.05, 0.1) is 6.61 Å². The van der Waals surface area contributed by atoms with Crippen molar-refractivity contribution in [2.75, 3.05) is 12.3 Å². The van der Waals surface area contributed by atoms with Gasteiger partial charge in [0, 0.05) is 18.2 Å². The van der Waals surface area contributed by atoms with Crippen LogP contribution in [0.25, 0.3) is 0 Å². The average Bonchev–Trinajstić information content (AvgIpc) is 2.38. The fourth-order valence-electron chi connectivity index (χ4n) is 1.80. The van der Waals surface area contributed by atoms with Crippen LogP contribution in [-0.2, 0) is 4.74 Å². The second-order valence-electron chi connectivity index (χ2n) is 4.22. The number of anilines is 1. The molecule has 1 rings (SSSR count). The first-order valence-corrected chi connectivity index (χ1v) is 6.56. The Hall–Kier alpha value is -1.91. The second-order valence-corrected chi connectivity index (χ2v) is 4.22. The largest absolute Gasteiger partial charge is 0.462 e. The maximum Gasteiger partial charge on any atom is 0.342 e. The quantitative estimate of drug-likeness (QED) is 0.465. The summed E-state index contributed by atoms with van der Waals surface area (Å²) < 4.78 is 4.91. The highest BCUT2D eigenvalue weighted by atomic mass is 16.5. The number of unbranched alkanes of at least 4 members (excludes halogenated alkanes) is 2. The second kappa shape index (κ2) is 7.51. The summed E-state index contributed by atoms with van der Waals surface area (Å²) in [5.74, 6) is -0.641. The predicted octanol–water partition coefficient (Wildman–Crippen LogP) is 2.60. The van der Waals surface area contributed by atoms with E-state index in [1.165, 1.54) is 12.3 Å². The van der Waals surface area contributed by atoms with Gasteiger partial charge in [0.2, 0.25) is 0 Å². The normalized spacial score (nSPS) is 10.2. The molecule has 1 aromatic rings. The number of hydrogen-bond donors (Lipinski definition) is 1. The summed E-state index contributed by atoms with van der Waals surface area (Å²) in [6, 6.07) is 1.52. The monoisotopic (exact) mass is 264 g/mol. The molecule has 1 heterocycles. The molecule has 0 aliphatic rings. The first kappa shape index (κ1) is 15.1. The first-order chi connectivity index (χ1) is 9.11. The summed E-state index contributed by atoms with van der Waals surface area (Å²) in [6.45, 7) is 4.00. The van der Waals surface area contributed by atoms with Gasteiger partial charge in [0.15, 0.2) is 5.78 Å². The van der Waals surface area contributed by atoms with E-state index in [0.29, 0.717) is 12.0 Å². The minimum atomic E-state index is -0.591. The molecule has 0 aromatic carbocycles. The van der Waals surface area contributed by atoms with Gasteiger partial charge in [-0.1, -0.05) is 19.8 Å². The smallest absolute Gasteiger partial charge is 0.342 e. The number of carbonyl (C=O) groups is 2. The zero-order valence-electron chi connectivity index (χ0n) is 11.4. The van der Waals surface area contributed by atoms with Crippen LogP contribution in [-0.4, -0.2) is 23.3 Å². The molecule has 5 nitrogen and oxygen atoms in total. The summed E-state index contributed by atoms with van der Waals surface area (Å²) in [4.78, 5) is 27.8. The number of aromatic nitrogens is 1. The number of nitrogen functional groups attached to an aromatic ring is 1. The lowest BCUT2D eigenvalue weighted by molar-refractivity contribution is 0.0524. The summed E-state index contributed by atoms with van der Waals surface area (Å²) in [5, 5.41) is 0. The van der Waals surface area contributed by atoms with Crippen LogP contribution in [0.1, 0.15) is 60.2 Å². The summed E-state index contributed by atoms with van der Waals surface area (Å²) in [5.41, 5.74) is 6.08. The van der Waals surface area contributed by atoms with Crippen molar-refractivity contribution < 1.29 is 14.3 Å².